The van der Waals surface area contributed by atoms with Crippen LogP contribution >= 0.6 is 22.9 Å². The zero-order valence-corrected chi connectivity index (χ0v) is 14.0. The average molecular weight is 348 g/mol. The van der Waals surface area contributed by atoms with E-state index in [0.29, 0.717) is 27.7 Å². The van der Waals surface area contributed by atoms with Gasteiger partial charge in [-0.1, -0.05) is 11.6 Å². The lowest BCUT2D eigenvalue weighted by Crippen LogP contribution is -2.08. The SMILES string of the molecule is CCn1ncc2c(-c3ccc(Cl)s3)c(C(=O)O)c(C3CC3)nc21. The average Bonchev–Trinajstić information content (AvgIpc) is 3.16. The highest BCUT2D eigenvalue weighted by Gasteiger charge is 2.34. The van der Waals surface area contributed by atoms with Gasteiger partial charge in [0.1, 0.15) is 0 Å². The van der Waals surface area contributed by atoms with Gasteiger partial charge >= 0.3 is 5.97 Å². The van der Waals surface area contributed by atoms with Crippen LogP contribution in [0, 0.1) is 0 Å². The number of carboxylic acid groups (broad SMARTS) is 1. The third-order valence-electron chi connectivity index (χ3n) is 4.11. The van der Waals surface area contributed by atoms with Crippen LogP contribution in [0.2, 0.25) is 4.34 Å². The first-order valence-corrected chi connectivity index (χ1v) is 8.68. The highest BCUT2D eigenvalue weighted by molar-refractivity contribution is 7.19. The minimum absolute atomic E-state index is 0.236. The first-order valence-electron chi connectivity index (χ1n) is 7.48. The number of hydrogen-bond donors (Lipinski definition) is 1. The zero-order valence-electron chi connectivity index (χ0n) is 12.4. The van der Waals surface area contributed by atoms with Crippen LogP contribution in [0.15, 0.2) is 18.3 Å². The van der Waals surface area contributed by atoms with Crippen LogP contribution in [0.4, 0.5) is 0 Å². The fraction of sp³-hybridized carbons (Fsp3) is 0.312. The summed E-state index contributed by atoms with van der Waals surface area (Å²) in [6.07, 6.45) is 3.69. The van der Waals surface area contributed by atoms with Crippen LogP contribution in [0.1, 0.15) is 41.7 Å². The second-order valence-corrected chi connectivity index (χ2v) is 7.34. The first kappa shape index (κ1) is 14.7. The smallest absolute Gasteiger partial charge is 0.338 e. The monoisotopic (exact) mass is 347 g/mol. The van der Waals surface area contributed by atoms with E-state index >= 15 is 0 Å². The van der Waals surface area contributed by atoms with E-state index in [9.17, 15) is 9.90 Å². The number of carboxylic acids is 1. The van der Waals surface area contributed by atoms with Gasteiger partial charge in [0.05, 0.1) is 21.8 Å². The van der Waals surface area contributed by atoms with Crippen molar-refractivity contribution in [1.82, 2.24) is 14.8 Å². The number of thiophene rings is 1. The molecular formula is C16H14ClN3O2S. The van der Waals surface area contributed by atoms with Crippen molar-refractivity contribution < 1.29 is 9.90 Å². The van der Waals surface area contributed by atoms with E-state index < -0.39 is 5.97 Å². The van der Waals surface area contributed by atoms with Crippen molar-refractivity contribution in [3.05, 3.63) is 33.9 Å². The number of fused-ring (bicyclic) bond motifs is 1. The summed E-state index contributed by atoms with van der Waals surface area (Å²) in [6, 6.07) is 3.66. The number of hydrogen-bond acceptors (Lipinski definition) is 4. The fourth-order valence-corrected chi connectivity index (χ4v) is 4.02. The maximum atomic E-state index is 12.0. The number of pyridine rings is 1. The number of aromatic carboxylic acids is 1. The molecule has 1 aliphatic carbocycles. The molecule has 0 bridgehead atoms. The van der Waals surface area contributed by atoms with E-state index in [1.807, 2.05) is 17.7 Å². The van der Waals surface area contributed by atoms with Crippen molar-refractivity contribution in [3.63, 3.8) is 0 Å². The zero-order chi connectivity index (χ0) is 16.1. The molecule has 0 spiro atoms. The number of halogens is 1. The van der Waals surface area contributed by atoms with Crippen LogP contribution in [-0.4, -0.2) is 25.8 Å². The van der Waals surface area contributed by atoms with E-state index in [0.717, 1.165) is 28.8 Å². The summed E-state index contributed by atoms with van der Waals surface area (Å²) < 4.78 is 2.45. The fourth-order valence-electron chi connectivity index (χ4n) is 2.91. The van der Waals surface area contributed by atoms with Crippen molar-refractivity contribution in [3.8, 4) is 10.4 Å². The molecule has 0 unspecified atom stereocenters. The van der Waals surface area contributed by atoms with Gasteiger partial charge in [0.25, 0.3) is 0 Å². The quantitative estimate of drug-likeness (QED) is 0.759. The molecule has 0 saturated heterocycles. The summed E-state index contributed by atoms with van der Waals surface area (Å²) in [4.78, 5) is 17.5. The Balaban J connectivity index is 2.12. The Morgan fingerprint density at radius 1 is 1.48 bits per heavy atom. The Kier molecular flexibility index (Phi) is 3.39. The summed E-state index contributed by atoms with van der Waals surface area (Å²) in [5.41, 5.74) is 2.42. The lowest BCUT2D eigenvalue weighted by Gasteiger charge is -2.11. The number of carbonyl (C=O) groups is 1. The topological polar surface area (TPSA) is 68.0 Å². The van der Waals surface area contributed by atoms with Gasteiger partial charge in [-0.2, -0.15) is 5.10 Å². The van der Waals surface area contributed by atoms with E-state index in [2.05, 4.69) is 10.1 Å². The van der Waals surface area contributed by atoms with Crippen LogP contribution in [0.5, 0.6) is 0 Å². The minimum Gasteiger partial charge on any atom is -0.478 e. The van der Waals surface area contributed by atoms with Gasteiger partial charge in [0.15, 0.2) is 5.65 Å². The summed E-state index contributed by atoms with van der Waals surface area (Å²) in [6.45, 7) is 2.69. The van der Waals surface area contributed by atoms with Gasteiger partial charge in [0, 0.05) is 28.3 Å². The summed E-state index contributed by atoms with van der Waals surface area (Å²) in [7, 11) is 0. The molecule has 118 valence electrons. The molecular weight excluding hydrogens is 334 g/mol. The highest BCUT2D eigenvalue weighted by Crippen LogP contribution is 2.46. The van der Waals surface area contributed by atoms with Crippen LogP contribution in [0.25, 0.3) is 21.5 Å². The van der Waals surface area contributed by atoms with Crippen molar-refractivity contribution in [2.24, 2.45) is 0 Å². The predicted molar refractivity (Wildman–Crippen MR) is 90.5 cm³/mol. The molecule has 0 atom stereocenters. The molecule has 7 heteroatoms. The third kappa shape index (κ3) is 2.33. The molecule has 1 saturated carbocycles. The summed E-state index contributed by atoms with van der Waals surface area (Å²) in [5.74, 6) is -0.704. The van der Waals surface area contributed by atoms with E-state index in [4.69, 9.17) is 11.6 Å². The number of rotatable bonds is 4. The lowest BCUT2D eigenvalue weighted by atomic mass is 9.99. The largest absolute Gasteiger partial charge is 0.478 e. The molecule has 4 rings (SSSR count). The molecule has 3 aromatic rings. The van der Waals surface area contributed by atoms with Crippen LogP contribution in [0.3, 0.4) is 0 Å². The molecule has 0 radical (unpaired) electrons. The Morgan fingerprint density at radius 2 is 2.26 bits per heavy atom. The van der Waals surface area contributed by atoms with Crippen molar-refractivity contribution in [2.45, 2.75) is 32.2 Å². The molecule has 23 heavy (non-hydrogen) atoms. The molecule has 0 aliphatic heterocycles. The number of nitrogens with zero attached hydrogens (tertiary/aromatic N) is 3. The molecule has 1 N–H and O–H groups in total. The number of aromatic nitrogens is 3. The van der Waals surface area contributed by atoms with Gasteiger partial charge in [0.2, 0.25) is 0 Å². The second kappa shape index (κ2) is 5.32. The standard InChI is InChI=1S/C16H14ClN3O2S/c1-2-20-15-9(7-18-20)12(10-5-6-11(17)23-10)13(16(21)22)14(19-15)8-3-4-8/h5-8H,2-4H2,1H3,(H,21,22). The van der Waals surface area contributed by atoms with Gasteiger partial charge in [-0.15, -0.1) is 11.3 Å². The summed E-state index contributed by atoms with van der Waals surface area (Å²) in [5, 5.41) is 15.0. The second-order valence-electron chi connectivity index (χ2n) is 5.63. The first-order chi connectivity index (χ1) is 11.1. The maximum absolute atomic E-state index is 12.0. The predicted octanol–water partition coefficient (Wildman–Crippen LogP) is 4.41. The highest BCUT2D eigenvalue weighted by atomic mass is 35.5. The van der Waals surface area contributed by atoms with Crippen molar-refractivity contribution >= 4 is 39.9 Å². The normalized spacial score (nSPS) is 14.5. The molecule has 3 heterocycles. The molecule has 0 amide bonds. The summed E-state index contributed by atoms with van der Waals surface area (Å²) >= 11 is 7.46. The van der Waals surface area contributed by atoms with Crippen molar-refractivity contribution in [1.29, 1.82) is 0 Å². The maximum Gasteiger partial charge on any atom is 0.338 e. The van der Waals surface area contributed by atoms with Gasteiger partial charge < -0.3 is 5.11 Å². The van der Waals surface area contributed by atoms with Gasteiger partial charge in [-0.05, 0) is 31.9 Å². The van der Waals surface area contributed by atoms with Gasteiger partial charge in [-0.3, -0.25) is 0 Å². The minimum atomic E-state index is -0.940. The third-order valence-corrected chi connectivity index (χ3v) is 5.36. The van der Waals surface area contributed by atoms with E-state index in [1.54, 1.807) is 12.3 Å². The molecule has 0 aromatic carbocycles. The Labute approximate surface area is 141 Å². The molecule has 3 aromatic heterocycles. The van der Waals surface area contributed by atoms with Crippen LogP contribution < -0.4 is 0 Å². The van der Waals surface area contributed by atoms with E-state index in [1.165, 1.54) is 11.3 Å². The van der Waals surface area contributed by atoms with Crippen LogP contribution in [-0.2, 0) is 6.54 Å². The number of aryl methyl sites for hydroxylation is 1. The molecule has 1 fully saturated rings. The molecule has 5 nitrogen and oxygen atoms in total. The molecule has 1 aliphatic rings. The lowest BCUT2D eigenvalue weighted by molar-refractivity contribution is 0.0696. The van der Waals surface area contributed by atoms with Gasteiger partial charge in [-0.25, -0.2) is 14.5 Å². The Bertz CT molecular complexity index is 927. The Morgan fingerprint density at radius 3 is 2.83 bits per heavy atom. The van der Waals surface area contributed by atoms with E-state index in [-0.39, 0.29) is 5.92 Å². The Hall–Kier alpha value is -1.92. The van der Waals surface area contributed by atoms with Crippen molar-refractivity contribution in [2.75, 3.05) is 0 Å².